The number of hydrogen-bond donors (Lipinski definition) is 2. The Morgan fingerprint density at radius 2 is 1.26 bits per heavy atom. The third-order valence-corrected chi connectivity index (χ3v) is 12.7. The molecule has 8 aromatic rings. The Hall–Kier alpha value is -7.06. The van der Waals surface area contributed by atoms with Crippen LogP contribution < -0.4 is 0 Å². The van der Waals surface area contributed by atoms with Crippen LogP contribution >= 0.6 is 0 Å². The van der Waals surface area contributed by atoms with Crippen molar-refractivity contribution in [2.75, 3.05) is 39.3 Å². The number of aromatic amines is 1. The molecule has 0 unspecified atom stereocenters. The lowest BCUT2D eigenvalue weighted by molar-refractivity contribution is -0.137. The van der Waals surface area contributed by atoms with Gasteiger partial charge in [0.25, 0.3) is 5.91 Å². The van der Waals surface area contributed by atoms with E-state index in [-0.39, 0.29) is 24.3 Å². The second-order valence-corrected chi connectivity index (χ2v) is 17.0. The fourth-order valence-corrected chi connectivity index (χ4v) is 9.05. The number of benzene rings is 5. The summed E-state index contributed by atoms with van der Waals surface area (Å²) in [6.07, 6.45) is -2.42. The summed E-state index contributed by atoms with van der Waals surface area (Å²) in [5, 5.41) is 11.5. The first-order valence-corrected chi connectivity index (χ1v) is 22.1. The van der Waals surface area contributed by atoms with E-state index in [2.05, 4.69) is 63.3 Å². The highest BCUT2D eigenvalue weighted by molar-refractivity contribution is 5.91. The van der Waals surface area contributed by atoms with Gasteiger partial charge in [-0.1, -0.05) is 109 Å². The van der Waals surface area contributed by atoms with E-state index in [0.29, 0.717) is 75.5 Å². The number of alkyl halides is 3. The molecule has 2 aliphatic heterocycles. The van der Waals surface area contributed by atoms with E-state index in [9.17, 15) is 23.1 Å². The number of carbonyl (C=O) groups excluding carboxylic acids is 1. The van der Waals surface area contributed by atoms with Gasteiger partial charge in [-0.05, 0) is 65.9 Å². The van der Waals surface area contributed by atoms with Crippen LogP contribution in [0.25, 0.3) is 56.2 Å². The maximum Gasteiger partial charge on any atom is 0.416 e. The van der Waals surface area contributed by atoms with Gasteiger partial charge in [-0.2, -0.15) is 13.2 Å². The zero-order valence-corrected chi connectivity index (χ0v) is 36.0. The summed E-state index contributed by atoms with van der Waals surface area (Å²) < 4.78 is 52.4. The standard InChI is InChI=1S/C53H47F3N6O4/c54-53(55,56)43-20-9-19-42(33-43)52(64)22-24-60(25-23-52)35-46-59-49(50(66-46)37-13-5-2-6-14-37)41-18-8-16-39(32-41)38-15-7-17-40(31-38)48-47(36-11-3-1-4-12-36)57-45(58-48)34-61-26-28-62(29-27-61)51(63)44-21-10-30-65-44/h1-21,30-33,64H,22-29,34-35H2,(H,57,58). The Labute approximate surface area is 380 Å². The Balaban J connectivity index is 0.893. The number of furan rings is 1. The molecule has 5 aromatic carbocycles. The monoisotopic (exact) mass is 888 g/mol. The maximum absolute atomic E-state index is 13.5. The molecule has 0 spiro atoms. The minimum atomic E-state index is -4.49. The van der Waals surface area contributed by atoms with Gasteiger partial charge in [-0.3, -0.25) is 14.6 Å². The van der Waals surface area contributed by atoms with Crippen molar-refractivity contribution in [2.45, 2.75) is 37.7 Å². The maximum atomic E-state index is 13.5. The van der Waals surface area contributed by atoms with Gasteiger partial charge < -0.3 is 23.8 Å². The molecule has 10 rings (SSSR count). The van der Waals surface area contributed by atoms with E-state index in [1.807, 2.05) is 65.6 Å². The molecule has 2 fully saturated rings. The number of nitrogens with zero attached hydrogens (tertiary/aromatic N) is 5. The van der Waals surface area contributed by atoms with Gasteiger partial charge in [0.2, 0.25) is 5.89 Å². The van der Waals surface area contributed by atoms with Crippen LogP contribution in [-0.2, 0) is 24.9 Å². The van der Waals surface area contributed by atoms with Gasteiger partial charge in [0.05, 0.1) is 41.9 Å². The topological polar surface area (TPSA) is 115 Å². The van der Waals surface area contributed by atoms with Crippen molar-refractivity contribution in [3.8, 4) is 56.2 Å². The number of piperidine rings is 1. The molecular weight excluding hydrogens is 842 g/mol. The average Bonchev–Trinajstić information content (AvgIpc) is 4.15. The molecular formula is C53H47F3N6O4. The third-order valence-electron chi connectivity index (χ3n) is 12.7. The van der Waals surface area contributed by atoms with Gasteiger partial charge in [-0.25, -0.2) is 9.97 Å². The summed E-state index contributed by atoms with van der Waals surface area (Å²) in [5.74, 6) is 2.25. The smallest absolute Gasteiger partial charge is 0.416 e. The number of carbonyl (C=O) groups is 1. The van der Waals surface area contributed by atoms with Crippen molar-refractivity contribution in [2.24, 2.45) is 0 Å². The first-order valence-electron chi connectivity index (χ1n) is 22.1. The van der Waals surface area contributed by atoms with Crippen molar-refractivity contribution >= 4 is 5.91 Å². The number of rotatable bonds is 11. The Bertz CT molecular complexity index is 2930. The summed E-state index contributed by atoms with van der Waals surface area (Å²) >= 11 is 0. The Kier molecular flexibility index (Phi) is 11.7. The Morgan fingerprint density at radius 3 is 1.94 bits per heavy atom. The van der Waals surface area contributed by atoms with Gasteiger partial charge in [0.15, 0.2) is 11.5 Å². The highest BCUT2D eigenvalue weighted by atomic mass is 19.4. The van der Waals surface area contributed by atoms with E-state index in [1.54, 1.807) is 18.2 Å². The van der Waals surface area contributed by atoms with Crippen molar-refractivity contribution in [3.05, 3.63) is 180 Å². The molecule has 2 aliphatic rings. The summed E-state index contributed by atoms with van der Waals surface area (Å²) in [4.78, 5) is 33.0. The van der Waals surface area contributed by atoms with Crippen LogP contribution in [0.15, 0.2) is 161 Å². The number of aliphatic hydroxyl groups is 1. The van der Waals surface area contributed by atoms with Crippen LogP contribution in [-0.4, -0.2) is 79.9 Å². The van der Waals surface area contributed by atoms with Crippen molar-refractivity contribution in [1.82, 2.24) is 29.7 Å². The number of hydrogen-bond acceptors (Lipinski definition) is 8. The van der Waals surface area contributed by atoms with E-state index >= 15 is 0 Å². The second kappa shape index (κ2) is 18.1. The van der Waals surface area contributed by atoms with Crippen LogP contribution in [0.3, 0.4) is 0 Å². The van der Waals surface area contributed by atoms with Crippen molar-refractivity contribution in [1.29, 1.82) is 0 Å². The predicted molar refractivity (Wildman–Crippen MR) is 246 cm³/mol. The molecule has 0 bridgehead atoms. The van der Waals surface area contributed by atoms with Gasteiger partial charge in [-0.15, -0.1) is 0 Å². The fourth-order valence-electron chi connectivity index (χ4n) is 9.05. The molecule has 1 amide bonds. The number of amides is 1. The number of likely N-dealkylation sites (tertiary alicyclic amines) is 1. The number of oxazole rings is 1. The number of halogens is 3. The van der Waals surface area contributed by atoms with Crippen LogP contribution in [0.1, 0.15) is 46.2 Å². The van der Waals surface area contributed by atoms with Crippen molar-refractivity contribution < 1.29 is 31.9 Å². The van der Waals surface area contributed by atoms with Crippen LogP contribution in [0.5, 0.6) is 0 Å². The van der Waals surface area contributed by atoms with Crippen LogP contribution in [0.2, 0.25) is 0 Å². The van der Waals surface area contributed by atoms with E-state index < -0.39 is 17.3 Å². The van der Waals surface area contributed by atoms with E-state index in [0.717, 1.165) is 62.7 Å². The minimum absolute atomic E-state index is 0.0911. The quantitative estimate of drug-likeness (QED) is 0.132. The van der Waals surface area contributed by atoms with Gasteiger partial charge in [0.1, 0.15) is 11.5 Å². The summed E-state index contributed by atoms with van der Waals surface area (Å²) in [7, 11) is 0. The molecule has 0 atom stereocenters. The second-order valence-electron chi connectivity index (χ2n) is 17.0. The molecule has 5 heterocycles. The normalized spacial score (nSPS) is 15.8. The van der Waals surface area contributed by atoms with Gasteiger partial charge >= 0.3 is 6.18 Å². The van der Waals surface area contributed by atoms with E-state index in [4.69, 9.17) is 18.8 Å². The van der Waals surface area contributed by atoms with Crippen molar-refractivity contribution in [3.63, 3.8) is 0 Å². The molecule has 0 saturated carbocycles. The van der Waals surface area contributed by atoms with Gasteiger partial charge in [0, 0.05) is 61.5 Å². The largest absolute Gasteiger partial charge is 0.459 e. The molecule has 0 aliphatic carbocycles. The molecule has 334 valence electrons. The summed E-state index contributed by atoms with van der Waals surface area (Å²) in [6.45, 7) is 4.50. The fraction of sp³-hybridized carbons (Fsp3) is 0.226. The molecule has 2 saturated heterocycles. The average molecular weight is 889 g/mol. The Morgan fingerprint density at radius 1 is 0.636 bits per heavy atom. The number of nitrogens with one attached hydrogen (secondary N) is 1. The highest BCUT2D eigenvalue weighted by Gasteiger charge is 2.37. The predicted octanol–water partition coefficient (Wildman–Crippen LogP) is 10.8. The molecule has 13 heteroatoms. The SMILES string of the molecule is O=C(c1ccco1)N1CCN(Cc2nc(-c3ccccc3)c(-c3cccc(-c4cccc(-c5nc(CN6CCC(O)(c7cccc(C(F)(F)F)c7)CC6)oc5-c5ccccc5)c4)c3)[nH]2)CC1. The van der Waals surface area contributed by atoms with Crippen LogP contribution in [0, 0.1) is 0 Å². The minimum Gasteiger partial charge on any atom is -0.459 e. The zero-order valence-electron chi connectivity index (χ0n) is 36.0. The number of imidazole rings is 1. The van der Waals surface area contributed by atoms with E-state index in [1.165, 1.54) is 12.3 Å². The lowest BCUT2D eigenvalue weighted by Crippen LogP contribution is -2.48. The zero-order chi connectivity index (χ0) is 45.3. The molecule has 2 N–H and O–H groups in total. The highest BCUT2D eigenvalue weighted by Crippen LogP contribution is 2.40. The van der Waals surface area contributed by atoms with Crippen LogP contribution in [0.4, 0.5) is 13.2 Å². The third kappa shape index (κ3) is 9.10. The molecule has 66 heavy (non-hydrogen) atoms. The molecule has 10 nitrogen and oxygen atoms in total. The number of H-pyrrole nitrogens is 1. The number of piperazine rings is 1. The lowest BCUT2D eigenvalue weighted by atomic mass is 9.84. The summed E-state index contributed by atoms with van der Waals surface area (Å²) in [5.41, 5.74) is 6.37. The molecule has 0 radical (unpaired) electrons. The molecule has 3 aromatic heterocycles. The first kappa shape index (κ1) is 42.9. The number of aromatic nitrogens is 3. The first-order chi connectivity index (χ1) is 32.1. The lowest BCUT2D eigenvalue weighted by Gasteiger charge is -2.38. The summed E-state index contributed by atoms with van der Waals surface area (Å²) in [6, 6.07) is 45.1.